The summed E-state index contributed by atoms with van der Waals surface area (Å²) in [7, 11) is 0. The van der Waals surface area contributed by atoms with Crippen LogP contribution < -0.4 is 10.6 Å². The second-order valence-electron chi connectivity index (χ2n) is 7.45. The zero-order valence-electron chi connectivity index (χ0n) is 17.4. The molecule has 8 nitrogen and oxygen atoms in total. The molecule has 0 aliphatic carbocycles. The minimum atomic E-state index is -0.952. The van der Waals surface area contributed by atoms with Gasteiger partial charge in [-0.15, -0.1) is 11.3 Å². The Labute approximate surface area is 183 Å². The Hall–Kier alpha value is -2.85. The summed E-state index contributed by atoms with van der Waals surface area (Å²) in [6, 6.07) is 5.06. The maximum Gasteiger partial charge on any atom is 0.338 e. The van der Waals surface area contributed by atoms with Gasteiger partial charge in [0.25, 0.3) is 5.91 Å². The van der Waals surface area contributed by atoms with E-state index in [1.165, 1.54) is 23.5 Å². The van der Waals surface area contributed by atoms with Crippen molar-refractivity contribution in [1.82, 2.24) is 10.3 Å². The van der Waals surface area contributed by atoms with E-state index in [0.717, 1.165) is 5.56 Å². The molecule has 1 aliphatic rings. The molecule has 2 N–H and O–H groups in total. The maximum atomic E-state index is 13.1. The molecule has 0 spiro atoms. The normalized spacial score (nSPS) is 18.4. The summed E-state index contributed by atoms with van der Waals surface area (Å²) in [5.41, 5.74) is 1.33. The van der Waals surface area contributed by atoms with Crippen molar-refractivity contribution in [1.29, 1.82) is 0 Å². The SMILES string of the molecule is CCOC(=O)[C@@H]1O[C@H]1C(=O)N[C@@H](CC(C)C)C(=O)Nc1nc(-c2ccc(F)cc2)cs1. The second-order valence-corrected chi connectivity index (χ2v) is 8.31. The first-order valence-corrected chi connectivity index (χ1v) is 10.8. The largest absolute Gasteiger partial charge is 0.464 e. The number of aromatic nitrogens is 1. The van der Waals surface area contributed by atoms with E-state index in [9.17, 15) is 18.8 Å². The number of amides is 2. The van der Waals surface area contributed by atoms with E-state index in [-0.39, 0.29) is 18.3 Å². The van der Waals surface area contributed by atoms with E-state index >= 15 is 0 Å². The minimum Gasteiger partial charge on any atom is -0.464 e. The Morgan fingerprint density at radius 2 is 1.94 bits per heavy atom. The predicted octanol–water partition coefficient (Wildman–Crippen LogP) is 2.75. The maximum absolute atomic E-state index is 13.1. The van der Waals surface area contributed by atoms with Crippen LogP contribution in [0.4, 0.5) is 9.52 Å². The van der Waals surface area contributed by atoms with Gasteiger partial charge in [0.05, 0.1) is 12.3 Å². The zero-order chi connectivity index (χ0) is 22.5. The summed E-state index contributed by atoms with van der Waals surface area (Å²) >= 11 is 1.23. The molecule has 1 saturated heterocycles. The third kappa shape index (κ3) is 6.08. The van der Waals surface area contributed by atoms with Crippen molar-refractivity contribution >= 4 is 34.3 Å². The van der Waals surface area contributed by atoms with Crippen molar-refractivity contribution in [2.24, 2.45) is 5.92 Å². The van der Waals surface area contributed by atoms with Gasteiger partial charge in [0.15, 0.2) is 17.3 Å². The molecule has 1 aromatic heterocycles. The number of epoxide rings is 1. The van der Waals surface area contributed by atoms with Crippen LogP contribution in [-0.2, 0) is 23.9 Å². The number of nitrogens with one attached hydrogen (secondary N) is 2. The Balaban J connectivity index is 1.62. The predicted molar refractivity (Wildman–Crippen MR) is 113 cm³/mol. The van der Waals surface area contributed by atoms with Gasteiger partial charge in [-0.1, -0.05) is 13.8 Å². The summed E-state index contributed by atoms with van der Waals surface area (Å²) in [6.45, 7) is 5.71. The average Bonchev–Trinajstić information content (AvgIpc) is 3.40. The number of hydrogen-bond donors (Lipinski definition) is 2. The first-order chi connectivity index (χ1) is 14.8. The highest BCUT2D eigenvalue weighted by molar-refractivity contribution is 7.14. The molecule has 1 aromatic carbocycles. The van der Waals surface area contributed by atoms with Crippen LogP contribution in [0.5, 0.6) is 0 Å². The molecular formula is C21H24FN3O5S. The van der Waals surface area contributed by atoms with Crippen LogP contribution in [0.2, 0.25) is 0 Å². The van der Waals surface area contributed by atoms with Gasteiger partial charge in [0.2, 0.25) is 5.91 Å². The first kappa shape index (κ1) is 22.8. The van der Waals surface area contributed by atoms with Gasteiger partial charge in [0.1, 0.15) is 11.9 Å². The summed E-state index contributed by atoms with van der Waals surface area (Å²) in [5.74, 6) is -1.77. The van der Waals surface area contributed by atoms with Crippen molar-refractivity contribution in [3.05, 3.63) is 35.5 Å². The molecule has 0 unspecified atom stereocenters. The molecule has 3 atom stereocenters. The number of hydrogen-bond acceptors (Lipinski definition) is 7. The number of carbonyl (C=O) groups excluding carboxylic acids is 3. The van der Waals surface area contributed by atoms with E-state index in [1.54, 1.807) is 24.4 Å². The Kier molecular flexibility index (Phi) is 7.34. The van der Waals surface area contributed by atoms with Crippen LogP contribution in [0.3, 0.4) is 0 Å². The average molecular weight is 450 g/mol. The van der Waals surface area contributed by atoms with Crippen LogP contribution in [-0.4, -0.2) is 47.6 Å². The van der Waals surface area contributed by atoms with Crippen LogP contribution in [0.1, 0.15) is 27.2 Å². The lowest BCUT2D eigenvalue weighted by Crippen LogP contribution is -2.46. The third-order valence-corrected chi connectivity index (χ3v) is 5.24. The van der Waals surface area contributed by atoms with Gasteiger partial charge in [-0.3, -0.25) is 9.59 Å². The molecule has 3 rings (SSSR count). The van der Waals surface area contributed by atoms with Crippen molar-refractivity contribution in [3.8, 4) is 11.3 Å². The van der Waals surface area contributed by atoms with Gasteiger partial charge in [-0.2, -0.15) is 0 Å². The lowest BCUT2D eigenvalue weighted by atomic mass is 10.0. The fourth-order valence-electron chi connectivity index (χ4n) is 2.95. The van der Waals surface area contributed by atoms with Gasteiger partial charge >= 0.3 is 5.97 Å². The molecule has 0 saturated carbocycles. The third-order valence-electron chi connectivity index (χ3n) is 4.48. The van der Waals surface area contributed by atoms with Crippen molar-refractivity contribution in [2.75, 3.05) is 11.9 Å². The van der Waals surface area contributed by atoms with Gasteiger partial charge in [0, 0.05) is 10.9 Å². The molecule has 0 bridgehead atoms. The fourth-order valence-corrected chi connectivity index (χ4v) is 3.67. The number of carbonyl (C=O) groups is 3. The highest BCUT2D eigenvalue weighted by Gasteiger charge is 2.52. The van der Waals surface area contributed by atoms with Gasteiger partial charge in [-0.05, 0) is 43.5 Å². The highest BCUT2D eigenvalue weighted by atomic mass is 32.1. The molecule has 166 valence electrons. The van der Waals surface area contributed by atoms with Gasteiger partial charge < -0.3 is 20.1 Å². The quantitative estimate of drug-likeness (QED) is 0.450. The number of thiazole rings is 1. The van der Waals surface area contributed by atoms with E-state index in [4.69, 9.17) is 9.47 Å². The number of halogens is 1. The number of anilines is 1. The number of ether oxygens (including phenoxy) is 2. The van der Waals surface area contributed by atoms with Crippen LogP contribution >= 0.6 is 11.3 Å². The number of esters is 1. The second kappa shape index (κ2) is 9.97. The lowest BCUT2D eigenvalue weighted by Gasteiger charge is -2.19. The molecule has 0 radical (unpaired) electrons. The minimum absolute atomic E-state index is 0.128. The van der Waals surface area contributed by atoms with Gasteiger partial charge in [-0.25, -0.2) is 14.2 Å². The van der Waals surface area contributed by atoms with E-state index in [0.29, 0.717) is 17.2 Å². The first-order valence-electron chi connectivity index (χ1n) is 9.93. The lowest BCUT2D eigenvalue weighted by molar-refractivity contribution is -0.144. The van der Waals surface area contributed by atoms with E-state index in [1.807, 2.05) is 13.8 Å². The number of benzene rings is 1. The van der Waals surface area contributed by atoms with E-state index < -0.39 is 36.0 Å². The Morgan fingerprint density at radius 1 is 1.23 bits per heavy atom. The molecule has 2 amide bonds. The monoisotopic (exact) mass is 449 g/mol. The van der Waals surface area contributed by atoms with Crippen LogP contribution in [0.25, 0.3) is 11.3 Å². The highest BCUT2D eigenvalue weighted by Crippen LogP contribution is 2.26. The molecule has 2 heterocycles. The number of nitrogens with zero attached hydrogens (tertiary/aromatic N) is 1. The van der Waals surface area contributed by atoms with Crippen molar-refractivity contribution in [2.45, 2.75) is 45.4 Å². The zero-order valence-corrected chi connectivity index (χ0v) is 18.2. The number of rotatable bonds is 9. The molecule has 10 heteroatoms. The van der Waals surface area contributed by atoms with Crippen LogP contribution in [0.15, 0.2) is 29.6 Å². The van der Waals surface area contributed by atoms with Crippen LogP contribution in [0, 0.1) is 11.7 Å². The molecule has 2 aromatic rings. The molecule has 1 aliphatic heterocycles. The molecular weight excluding hydrogens is 425 g/mol. The Morgan fingerprint density at radius 3 is 2.58 bits per heavy atom. The summed E-state index contributed by atoms with van der Waals surface area (Å²) in [6.07, 6.45) is -1.49. The molecule has 1 fully saturated rings. The summed E-state index contributed by atoms with van der Waals surface area (Å²) in [5, 5.41) is 7.48. The van der Waals surface area contributed by atoms with Crippen molar-refractivity contribution < 1.29 is 28.2 Å². The standard InChI is InChI=1S/C21H24FN3O5S/c1-4-29-20(28)17-16(30-17)19(27)23-14(9-11(2)3)18(26)25-21-24-15(10-31-21)12-5-7-13(22)8-6-12/h5-8,10-11,14,16-17H,4,9H2,1-3H3,(H,23,27)(H,24,25,26)/t14-,16+,17+/m0/s1. The summed E-state index contributed by atoms with van der Waals surface area (Å²) in [4.78, 5) is 41.2. The topological polar surface area (TPSA) is 110 Å². The smallest absolute Gasteiger partial charge is 0.338 e. The summed E-state index contributed by atoms with van der Waals surface area (Å²) < 4.78 is 23.0. The van der Waals surface area contributed by atoms with Crippen molar-refractivity contribution in [3.63, 3.8) is 0 Å². The molecule has 31 heavy (non-hydrogen) atoms. The Bertz CT molecular complexity index is 947. The van der Waals surface area contributed by atoms with E-state index in [2.05, 4.69) is 15.6 Å². The fraction of sp³-hybridized carbons (Fsp3) is 0.429.